The highest BCUT2D eigenvalue weighted by Crippen LogP contribution is 1.97. The summed E-state index contributed by atoms with van der Waals surface area (Å²) in [6, 6.07) is -0.492. The first-order valence-electron chi connectivity index (χ1n) is 5.80. The number of likely N-dealkylation sites (N-methyl/N-ethyl adjacent to an activating group) is 1. The van der Waals surface area contributed by atoms with Gasteiger partial charge < -0.3 is 16.0 Å². The average molecular weight is 229 g/mol. The fraction of sp³-hybridized carbons (Fsp3) is 0.818. The first-order chi connectivity index (χ1) is 7.52. The van der Waals surface area contributed by atoms with Crippen molar-refractivity contribution < 1.29 is 9.59 Å². The van der Waals surface area contributed by atoms with E-state index in [9.17, 15) is 9.59 Å². The summed E-state index contributed by atoms with van der Waals surface area (Å²) in [6.07, 6.45) is 2.40. The lowest BCUT2D eigenvalue weighted by Gasteiger charge is -2.20. The van der Waals surface area contributed by atoms with Crippen molar-refractivity contribution >= 4 is 11.8 Å². The van der Waals surface area contributed by atoms with Crippen molar-refractivity contribution in [2.75, 3.05) is 20.1 Å². The number of hydrogen-bond acceptors (Lipinski definition) is 3. The molecular formula is C11H23N3O2. The number of rotatable bonds is 7. The first kappa shape index (κ1) is 14.9. The van der Waals surface area contributed by atoms with E-state index in [1.165, 1.54) is 4.90 Å². The van der Waals surface area contributed by atoms with Crippen molar-refractivity contribution in [1.82, 2.24) is 10.2 Å². The minimum atomic E-state index is -0.492. The molecule has 0 aromatic heterocycles. The number of carbonyl (C=O) groups is 2. The van der Waals surface area contributed by atoms with Crippen molar-refractivity contribution in [3.8, 4) is 0 Å². The minimum Gasteiger partial charge on any atom is -0.355 e. The Morgan fingerprint density at radius 3 is 2.44 bits per heavy atom. The summed E-state index contributed by atoms with van der Waals surface area (Å²) >= 11 is 0. The Balaban J connectivity index is 3.99. The monoisotopic (exact) mass is 229 g/mol. The summed E-state index contributed by atoms with van der Waals surface area (Å²) in [6.45, 7) is 4.67. The molecule has 0 aromatic carbocycles. The SMILES string of the molecule is CCCNC(=O)CN(C)C(=O)[C@@H](N)CCC. The fourth-order valence-electron chi connectivity index (χ4n) is 1.33. The van der Waals surface area contributed by atoms with E-state index >= 15 is 0 Å². The third kappa shape index (κ3) is 5.70. The molecule has 0 saturated carbocycles. The molecule has 5 nitrogen and oxygen atoms in total. The molecule has 0 aliphatic heterocycles. The smallest absolute Gasteiger partial charge is 0.239 e. The van der Waals surface area contributed by atoms with Crippen LogP contribution in [0.3, 0.4) is 0 Å². The first-order valence-corrected chi connectivity index (χ1v) is 5.80. The number of hydrogen-bond donors (Lipinski definition) is 2. The predicted octanol–water partition coefficient (Wildman–Crippen LogP) is 0.0984. The van der Waals surface area contributed by atoms with E-state index in [4.69, 9.17) is 5.73 Å². The molecule has 0 aliphatic carbocycles. The van der Waals surface area contributed by atoms with Gasteiger partial charge in [0.05, 0.1) is 12.6 Å². The molecule has 0 saturated heterocycles. The number of amides is 2. The molecule has 0 radical (unpaired) electrons. The van der Waals surface area contributed by atoms with Gasteiger partial charge in [0.25, 0.3) is 0 Å². The molecule has 0 rings (SSSR count). The van der Waals surface area contributed by atoms with Crippen molar-refractivity contribution in [2.45, 2.75) is 39.2 Å². The maximum atomic E-state index is 11.7. The lowest BCUT2D eigenvalue weighted by molar-refractivity contribution is -0.135. The zero-order chi connectivity index (χ0) is 12.6. The highest BCUT2D eigenvalue weighted by Gasteiger charge is 2.18. The summed E-state index contributed by atoms with van der Waals surface area (Å²) in [5, 5.41) is 2.72. The van der Waals surface area contributed by atoms with Gasteiger partial charge in [-0.2, -0.15) is 0 Å². The molecule has 5 heteroatoms. The van der Waals surface area contributed by atoms with Crippen molar-refractivity contribution in [3.05, 3.63) is 0 Å². The summed E-state index contributed by atoms with van der Waals surface area (Å²) in [5.74, 6) is -0.310. The zero-order valence-corrected chi connectivity index (χ0v) is 10.5. The van der Waals surface area contributed by atoms with Gasteiger partial charge in [0.2, 0.25) is 11.8 Å². The summed E-state index contributed by atoms with van der Waals surface area (Å²) in [4.78, 5) is 24.4. The largest absolute Gasteiger partial charge is 0.355 e. The predicted molar refractivity (Wildman–Crippen MR) is 63.8 cm³/mol. The normalized spacial score (nSPS) is 12.0. The van der Waals surface area contributed by atoms with Crippen LogP contribution in [-0.2, 0) is 9.59 Å². The topological polar surface area (TPSA) is 75.4 Å². The molecule has 0 spiro atoms. The third-order valence-corrected chi connectivity index (χ3v) is 2.25. The van der Waals surface area contributed by atoms with E-state index in [0.29, 0.717) is 13.0 Å². The molecular weight excluding hydrogens is 206 g/mol. The van der Waals surface area contributed by atoms with Crippen LogP contribution in [0.2, 0.25) is 0 Å². The second-order valence-corrected chi connectivity index (χ2v) is 3.94. The van der Waals surface area contributed by atoms with Crippen LogP contribution in [0.15, 0.2) is 0 Å². The van der Waals surface area contributed by atoms with Crippen LogP contribution in [0.4, 0.5) is 0 Å². The van der Waals surface area contributed by atoms with Gasteiger partial charge in [-0.15, -0.1) is 0 Å². The van der Waals surface area contributed by atoms with E-state index in [2.05, 4.69) is 5.32 Å². The van der Waals surface area contributed by atoms with Gasteiger partial charge in [-0.1, -0.05) is 20.3 Å². The Labute approximate surface area is 97.4 Å². The molecule has 94 valence electrons. The van der Waals surface area contributed by atoms with E-state index in [0.717, 1.165) is 12.8 Å². The maximum Gasteiger partial charge on any atom is 0.239 e. The van der Waals surface area contributed by atoms with Gasteiger partial charge in [-0.25, -0.2) is 0 Å². The Hall–Kier alpha value is -1.10. The third-order valence-electron chi connectivity index (χ3n) is 2.25. The van der Waals surface area contributed by atoms with Crippen LogP contribution in [0, 0.1) is 0 Å². The molecule has 0 aliphatic rings. The Kier molecular flexibility index (Phi) is 7.54. The highest BCUT2D eigenvalue weighted by atomic mass is 16.2. The van der Waals surface area contributed by atoms with E-state index in [-0.39, 0.29) is 18.4 Å². The Morgan fingerprint density at radius 2 is 1.94 bits per heavy atom. The van der Waals surface area contributed by atoms with Crippen LogP contribution in [0.25, 0.3) is 0 Å². The zero-order valence-electron chi connectivity index (χ0n) is 10.5. The number of nitrogens with two attached hydrogens (primary N) is 1. The molecule has 2 amide bonds. The molecule has 0 fully saturated rings. The quantitative estimate of drug-likeness (QED) is 0.650. The molecule has 3 N–H and O–H groups in total. The van der Waals surface area contributed by atoms with Gasteiger partial charge in [-0.3, -0.25) is 9.59 Å². The van der Waals surface area contributed by atoms with Crippen LogP contribution in [-0.4, -0.2) is 42.9 Å². The fourth-order valence-corrected chi connectivity index (χ4v) is 1.33. The van der Waals surface area contributed by atoms with Crippen molar-refractivity contribution in [1.29, 1.82) is 0 Å². The molecule has 0 aromatic rings. The van der Waals surface area contributed by atoms with Gasteiger partial charge >= 0.3 is 0 Å². The molecule has 0 heterocycles. The summed E-state index contributed by atoms with van der Waals surface area (Å²) < 4.78 is 0. The van der Waals surface area contributed by atoms with Crippen LogP contribution >= 0.6 is 0 Å². The number of carbonyl (C=O) groups excluding carboxylic acids is 2. The van der Waals surface area contributed by atoms with E-state index < -0.39 is 6.04 Å². The van der Waals surface area contributed by atoms with Crippen LogP contribution in [0.1, 0.15) is 33.1 Å². The van der Waals surface area contributed by atoms with Crippen LogP contribution in [0.5, 0.6) is 0 Å². The lowest BCUT2D eigenvalue weighted by Crippen LogP contribution is -2.45. The second kappa shape index (κ2) is 8.10. The van der Waals surface area contributed by atoms with Gasteiger partial charge in [0.1, 0.15) is 0 Å². The number of nitrogens with one attached hydrogen (secondary N) is 1. The minimum absolute atomic E-state index is 0.0796. The molecule has 0 unspecified atom stereocenters. The van der Waals surface area contributed by atoms with Crippen LogP contribution < -0.4 is 11.1 Å². The summed E-state index contributed by atoms with van der Waals surface area (Å²) in [7, 11) is 1.60. The van der Waals surface area contributed by atoms with Gasteiger partial charge in [0, 0.05) is 13.6 Å². The van der Waals surface area contributed by atoms with E-state index in [1.807, 2.05) is 13.8 Å². The van der Waals surface area contributed by atoms with Crippen molar-refractivity contribution in [3.63, 3.8) is 0 Å². The van der Waals surface area contributed by atoms with E-state index in [1.54, 1.807) is 7.05 Å². The highest BCUT2D eigenvalue weighted by molar-refractivity contribution is 5.87. The average Bonchev–Trinajstić information content (AvgIpc) is 2.25. The standard InChI is InChI=1S/C11H23N3O2/c1-4-6-9(12)11(16)14(3)8-10(15)13-7-5-2/h9H,4-8,12H2,1-3H3,(H,13,15)/t9-/m0/s1. The van der Waals surface area contributed by atoms with Gasteiger partial charge in [-0.05, 0) is 12.8 Å². The van der Waals surface area contributed by atoms with Crippen molar-refractivity contribution in [2.24, 2.45) is 5.73 Å². The Morgan fingerprint density at radius 1 is 1.31 bits per heavy atom. The Bertz CT molecular complexity index is 231. The number of nitrogens with zero attached hydrogens (tertiary/aromatic N) is 1. The second-order valence-electron chi connectivity index (χ2n) is 3.94. The summed E-state index contributed by atoms with van der Waals surface area (Å²) in [5.41, 5.74) is 5.68. The molecule has 0 bridgehead atoms. The maximum absolute atomic E-state index is 11.7. The lowest BCUT2D eigenvalue weighted by atomic mass is 10.1. The molecule has 16 heavy (non-hydrogen) atoms. The van der Waals surface area contributed by atoms with Gasteiger partial charge in [0.15, 0.2) is 0 Å². The molecule has 1 atom stereocenters.